The van der Waals surface area contributed by atoms with Gasteiger partial charge in [0.05, 0.1) is 4.92 Å². The highest BCUT2D eigenvalue weighted by atomic mass is 16.6. The molecule has 0 aromatic carbocycles. The molecule has 0 bridgehead atoms. The van der Waals surface area contributed by atoms with Crippen molar-refractivity contribution in [3.63, 3.8) is 0 Å². The molecule has 1 atom stereocenters. The first-order valence-electron chi connectivity index (χ1n) is 8.14. The van der Waals surface area contributed by atoms with E-state index in [1.807, 2.05) is 13.8 Å². The fourth-order valence-electron chi connectivity index (χ4n) is 2.72. The van der Waals surface area contributed by atoms with Crippen LogP contribution in [0, 0.1) is 10.1 Å². The van der Waals surface area contributed by atoms with E-state index in [1.54, 1.807) is 0 Å². The van der Waals surface area contributed by atoms with Crippen molar-refractivity contribution in [2.45, 2.75) is 70.9 Å². The number of aromatic nitrogens is 2. The third-order valence-electron chi connectivity index (χ3n) is 4.20. The average Bonchev–Trinajstić information content (AvgIpc) is 2.75. The lowest BCUT2D eigenvalue weighted by Gasteiger charge is -2.18. The lowest BCUT2D eigenvalue weighted by atomic mass is 10.1. The Bertz CT molecular complexity index is 501. The summed E-state index contributed by atoms with van der Waals surface area (Å²) >= 11 is 0. The van der Waals surface area contributed by atoms with Crippen molar-refractivity contribution in [1.29, 1.82) is 0 Å². The number of hydrogen-bond acceptors (Lipinski definition) is 6. The highest BCUT2D eigenvalue weighted by molar-refractivity contribution is 5.69. The van der Waals surface area contributed by atoms with Crippen molar-refractivity contribution in [3.8, 4) is 0 Å². The van der Waals surface area contributed by atoms with E-state index in [2.05, 4.69) is 20.6 Å². The minimum Gasteiger partial charge on any atom is -0.362 e. The number of nitrogens with zero attached hydrogens (tertiary/aromatic N) is 3. The van der Waals surface area contributed by atoms with E-state index >= 15 is 0 Å². The Labute approximate surface area is 131 Å². The second kappa shape index (κ2) is 7.91. The number of hydrogen-bond donors (Lipinski definition) is 2. The van der Waals surface area contributed by atoms with Crippen LogP contribution in [0.5, 0.6) is 0 Å². The molecule has 0 radical (unpaired) electrons. The molecule has 1 aliphatic carbocycles. The van der Waals surface area contributed by atoms with Gasteiger partial charge < -0.3 is 10.6 Å². The van der Waals surface area contributed by atoms with Crippen LogP contribution in [-0.4, -0.2) is 27.0 Å². The summed E-state index contributed by atoms with van der Waals surface area (Å²) in [5, 5.41) is 17.8. The van der Waals surface area contributed by atoms with Crippen molar-refractivity contribution in [3.05, 3.63) is 16.4 Å². The largest absolute Gasteiger partial charge is 0.362 e. The number of rotatable bonds is 6. The van der Waals surface area contributed by atoms with Crippen molar-refractivity contribution < 1.29 is 4.92 Å². The predicted octanol–water partition coefficient (Wildman–Crippen LogP) is 3.73. The normalized spacial score (nSPS) is 17.5. The molecule has 1 unspecified atom stereocenters. The lowest BCUT2D eigenvalue weighted by Crippen LogP contribution is -2.21. The Balaban J connectivity index is 2.22. The van der Waals surface area contributed by atoms with E-state index in [9.17, 15) is 10.1 Å². The summed E-state index contributed by atoms with van der Waals surface area (Å²) in [4.78, 5) is 19.2. The molecule has 22 heavy (non-hydrogen) atoms. The zero-order valence-corrected chi connectivity index (χ0v) is 13.3. The van der Waals surface area contributed by atoms with Gasteiger partial charge in [-0.25, -0.2) is 9.97 Å². The van der Waals surface area contributed by atoms with Crippen molar-refractivity contribution in [1.82, 2.24) is 9.97 Å². The van der Waals surface area contributed by atoms with Gasteiger partial charge in [0, 0.05) is 12.1 Å². The van der Waals surface area contributed by atoms with Gasteiger partial charge in [0.15, 0.2) is 0 Å². The molecule has 1 heterocycles. The van der Waals surface area contributed by atoms with E-state index in [0.717, 1.165) is 32.1 Å². The molecular weight excluding hydrogens is 282 g/mol. The van der Waals surface area contributed by atoms with Crippen LogP contribution in [0.4, 0.5) is 17.3 Å². The smallest absolute Gasteiger partial charge is 0.353 e. The third-order valence-corrected chi connectivity index (χ3v) is 4.20. The van der Waals surface area contributed by atoms with Crippen LogP contribution in [0.3, 0.4) is 0 Å². The summed E-state index contributed by atoms with van der Waals surface area (Å²) in [6.07, 6.45) is 9.13. The van der Waals surface area contributed by atoms with Gasteiger partial charge >= 0.3 is 5.69 Å². The maximum Gasteiger partial charge on any atom is 0.353 e. The summed E-state index contributed by atoms with van der Waals surface area (Å²) in [6.45, 7) is 4.00. The molecule has 0 amide bonds. The van der Waals surface area contributed by atoms with Crippen molar-refractivity contribution in [2.24, 2.45) is 0 Å². The molecule has 0 aliphatic heterocycles. The SMILES string of the molecule is CCC(C)Nc1ncnc(NC2CCCCCC2)c1[N+](=O)[O-]. The van der Waals surface area contributed by atoms with Crippen LogP contribution in [0.2, 0.25) is 0 Å². The Morgan fingerprint density at radius 3 is 2.50 bits per heavy atom. The molecule has 1 fully saturated rings. The molecule has 1 aromatic rings. The third kappa shape index (κ3) is 4.29. The van der Waals surface area contributed by atoms with E-state index in [0.29, 0.717) is 11.6 Å². The molecule has 7 heteroatoms. The van der Waals surface area contributed by atoms with Gasteiger partial charge in [-0.1, -0.05) is 32.6 Å². The molecule has 7 nitrogen and oxygen atoms in total. The first kappa shape index (κ1) is 16.5. The van der Waals surface area contributed by atoms with Crippen LogP contribution < -0.4 is 10.6 Å². The Morgan fingerprint density at radius 2 is 1.91 bits per heavy atom. The summed E-state index contributed by atoms with van der Waals surface area (Å²) in [6, 6.07) is 0.381. The van der Waals surface area contributed by atoms with Crippen LogP contribution in [0.1, 0.15) is 58.8 Å². The summed E-state index contributed by atoms with van der Waals surface area (Å²) in [7, 11) is 0. The van der Waals surface area contributed by atoms with E-state index in [-0.39, 0.29) is 17.8 Å². The monoisotopic (exact) mass is 307 g/mol. The lowest BCUT2D eigenvalue weighted by molar-refractivity contribution is -0.383. The van der Waals surface area contributed by atoms with E-state index in [4.69, 9.17) is 0 Å². The molecule has 2 N–H and O–H groups in total. The van der Waals surface area contributed by atoms with Gasteiger partial charge in [-0.05, 0) is 26.2 Å². The van der Waals surface area contributed by atoms with Gasteiger partial charge in [-0.3, -0.25) is 10.1 Å². The Kier molecular flexibility index (Phi) is 5.91. The van der Waals surface area contributed by atoms with Gasteiger partial charge in [0.2, 0.25) is 11.6 Å². The topological polar surface area (TPSA) is 93.0 Å². The Morgan fingerprint density at radius 1 is 1.27 bits per heavy atom. The fraction of sp³-hybridized carbons (Fsp3) is 0.733. The fourth-order valence-corrected chi connectivity index (χ4v) is 2.72. The predicted molar refractivity (Wildman–Crippen MR) is 87.2 cm³/mol. The highest BCUT2D eigenvalue weighted by Crippen LogP contribution is 2.31. The summed E-state index contributed by atoms with van der Waals surface area (Å²) in [5.74, 6) is 0.628. The molecule has 2 rings (SSSR count). The van der Waals surface area contributed by atoms with Gasteiger partial charge in [0.25, 0.3) is 0 Å². The first-order valence-corrected chi connectivity index (χ1v) is 8.14. The number of anilines is 2. The molecule has 0 spiro atoms. The molecule has 0 saturated heterocycles. The quantitative estimate of drug-likeness (QED) is 0.472. The minimum atomic E-state index is -0.399. The molecule has 122 valence electrons. The molecular formula is C15H25N5O2. The standard InChI is InChI=1S/C15H25N5O2/c1-3-11(2)18-14-13(20(21)22)15(17-10-16-14)19-12-8-6-4-5-7-9-12/h10-12H,3-9H2,1-2H3,(H2,16,17,18,19). The van der Waals surface area contributed by atoms with Gasteiger partial charge in [-0.15, -0.1) is 0 Å². The second-order valence-corrected chi connectivity index (χ2v) is 5.96. The highest BCUT2D eigenvalue weighted by Gasteiger charge is 2.25. The van der Waals surface area contributed by atoms with E-state index in [1.165, 1.54) is 19.2 Å². The van der Waals surface area contributed by atoms with Crippen LogP contribution in [-0.2, 0) is 0 Å². The maximum atomic E-state index is 11.5. The van der Waals surface area contributed by atoms with E-state index < -0.39 is 4.92 Å². The molecule has 1 saturated carbocycles. The van der Waals surface area contributed by atoms with Crippen molar-refractivity contribution >= 4 is 17.3 Å². The van der Waals surface area contributed by atoms with Crippen LogP contribution in [0.25, 0.3) is 0 Å². The summed E-state index contributed by atoms with van der Waals surface area (Å²) in [5.41, 5.74) is -0.0490. The zero-order valence-electron chi connectivity index (χ0n) is 13.3. The number of nitro groups is 1. The number of nitrogens with one attached hydrogen (secondary N) is 2. The van der Waals surface area contributed by atoms with Crippen LogP contribution in [0.15, 0.2) is 6.33 Å². The Hall–Kier alpha value is -1.92. The average molecular weight is 307 g/mol. The minimum absolute atomic E-state index is 0.0490. The van der Waals surface area contributed by atoms with Gasteiger partial charge in [0.1, 0.15) is 6.33 Å². The molecule has 1 aliphatic rings. The van der Waals surface area contributed by atoms with Crippen LogP contribution >= 0.6 is 0 Å². The second-order valence-electron chi connectivity index (χ2n) is 5.96. The zero-order chi connectivity index (χ0) is 15.9. The summed E-state index contributed by atoms with van der Waals surface area (Å²) < 4.78 is 0. The molecule has 1 aromatic heterocycles. The first-order chi connectivity index (χ1) is 10.6. The van der Waals surface area contributed by atoms with Crippen molar-refractivity contribution in [2.75, 3.05) is 10.6 Å². The van der Waals surface area contributed by atoms with Gasteiger partial charge in [-0.2, -0.15) is 0 Å². The maximum absolute atomic E-state index is 11.5.